The maximum atomic E-state index is 12.6. The van der Waals surface area contributed by atoms with Crippen molar-refractivity contribution in [1.82, 2.24) is 30.3 Å². The molecule has 1 aromatic carbocycles. The van der Waals surface area contributed by atoms with Gasteiger partial charge >= 0.3 is 0 Å². The molecule has 0 saturated heterocycles. The lowest BCUT2D eigenvalue weighted by Gasteiger charge is -2.13. The SMILES string of the molecule is Cc1cc(-c2cnnc(Nc3cnn(C)c3)c2)ccc1CNC(=O)c1cnc(C(C)(C)C)s1. The van der Waals surface area contributed by atoms with Crippen LogP contribution in [0.15, 0.2) is 49.1 Å². The molecule has 0 atom stereocenters. The van der Waals surface area contributed by atoms with E-state index in [0.717, 1.165) is 32.9 Å². The Bertz CT molecular complexity index is 1290. The maximum Gasteiger partial charge on any atom is 0.263 e. The summed E-state index contributed by atoms with van der Waals surface area (Å²) in [5, 5.41) is 19.6. The first-order valence-electron chi connectivity index (χ1n) is 10.6. The second-order valence-corrected chi connectivity index (χ2v) is 9.99. The molecule has 1 amide bonds. The normalized spacial score (nSPS) is 11.4. The van der Waals surface area contributed by atoms with Crippen LogP contribution in [-0.2, 0) is 19.0 Å². The number of aryl methyl sites for hydroxylation is 2. The number of amides is 1. The van der Waals surface area contributed by atoms with Gasteiger partial charge in [-0.2, -0.15) is 10.2 Å². The van der Waals surface area contributed by atoms with Crippen LogP contribution in [0.3, 0.4) is 0 Å². The van der Waals surface area contributed by atoms with Gasteiger partial charge in [0.25, 0.3) is 5.91 Å². The van der Waals surface area contributed by atoms with Crippen molar-refractivity contribution < 1.29 is 4.79 Å². The smallest absolute Gasteiger partial charge is 0.263 e. The number of carbonyl (C=O) groups is 1. The number of thiazole rings is 1. The lowest BCUT2D eigenvalue weighted by Crippen LogP contribution is -2.22. The van der Waals surface area contributed by atoms with Gasteiger partial charge in [-0.25, -0.2) is 4.98 Å². The first kappa shape index (κ1) is 22.6. The minimum atomic E-state index is -0.101. The molecule has 0 aliphatic carbocycles. The number of rotatable bonds is 6. The summed E-state index contributed by atoms with van der Waals surface area (Å²) in [7, 11) is 1.86. The molecule has 0 bridgehead atoms. The third-order valence-corrected chi connectivity index (χ3v) is 6.54. The van der Waals surface area contributed by atoms with Gasteiger partial charge in [0, 0.05) is 30.8 Å². The molecule has 170 valence electrons. The van der Waals surface area contributed by atoms with Gasteiger partial charge in [0.2, 0.25) is 0 Å². The van der Waals surface area contributed by atoms with Crippen LogP contribution in [0.4, 0.5) is 11.5 Å². The minimum Gasteiger partial charge on any atom is -0.347 e. The van der Waals surface area contributed by atoms with Gasteiger partial charge in [0.15, 0.2) is 5.82 Å². The van der Waals surface area contributed by atoms with Crippen LogP contribution >= 0.6 is 11.3 Å². The van der Waals surface area contributed by atoms with Crippen LogP contribution in [0, 0.1) is 6.92 Å². The molecular formula is C24H27N7OS. The third kappa shape index (κ3) is 5.43. The Morgan fingerprint density at radius 3 is 2.61 bits per heavy atom. The van der Waals surface area contributed by atoms with E-state index in [2.05, 4.69) is 57.8 Å². The fraction of sp³-hybridized carbons (Fsp3) is 0.292. The van der Waals surface area contributed by atoms with E-state index in [1.165, 1.54) is 11.3 Å². The summed E-state index contributed by atoms with van der Waals surface area (Å²) >= 11 is 1.44. The Labute approximate surface area is 197 Å². The molecule has 0 unspecified atom stereocenters. The Hall–Kier alpha value is -3.59. The second kappa shape index (κ2) is 9.11. The predicted molar refractivity (Wildman–Crippen MR) is 131 cm³/mol. The molecule has 0 spiro atoms. The van der Waals surface area contributed by atoms with Crippen molar-refractivity contribution in [3.05, 3.63) is 70.1 Å². The highest BCUT2D eigenvalue weighted by molar-refractivity contribution is 7.13. The van der Waals surface area contributed by atoms with E-state index in [1.54, 1.807) is 23.3 Å². The molecule has 0 fully saturated rings. The van der Waals surface area contributed by atoms with Gasteiger partial charge in [-0.3, -0.25) is 9.48 Å². The summed E-state index contributed by atoms with van der Waals surface area (Å²) in [4.78, 5) is 17.6. The summed E-state index contributed by atoms with van der Waals surface area (Å²) in [6, 6.07) is 8.11. The molecular weight excluding hydrogens is 434 g/mol. The number of carbonyl (C=O) groups excluding carboxylic acids is 1. The Morgan fingerprint density at radius 1 is 1.12 bits per heavy atom. The number of aromatic nitrogens is 5. The highest BCUT2D eigenvalue weighted by Gasteiger charge is 2.20. The number of hydrogen-bond donors (Lipinski definition) is 2. The topological polar surface area (TPSA) is 97.6 Å². The van der Waals surface area contributed by atoms with Crippen molar-refractivity contribution in [3.63, 3.8) is 0 Å². The van der Waals surface area contributed by atoms with Crippen molar-refractivity contribution in [1.29, 1.82) is 0 Å². The Kier molecular flexibility index (Phi) is 6.24. The third-order valence-electron chi connectivity index (χ3n) is 5.12. The van der Waals surface area contributed by atoms with Gasteiger partial charge in [-0.05, 0) is 29.7 Å². The molecule has 0 saturated carbocycles. The number of nitrogens with zero attached hydrogens (tertiary/aromatic N) is 5. The van der Waals surface area contributed by atoms with E-state index >= 15 is 0 Å². The summed E-state index contributed by atoms with van der Waals surface area (Å²) in [6.07, 6.45) is 7.00. The fourth-order valence-electron chi connectivity index (χ4n) is 3.28. The van der Waals surface area contributed by atoms with E-state index in [9.17, 15) is 4.79 Å². The average molecular weight is 462 g/mol. The van der Waals surface area contributed by atoms with E-state index in [0.29, 0.717) is 17.2 Å². The van der Waals surface area contributed by atoms with Gasteiger partial charge in [-0.1, -0.05) is 39.0 Å². The van der Waals surface area contributed by atoms with Crippen molar-refractivity contribution in [2.75, 3.05) is 5.32 Å². The first-order chi connectivity index (χ1) is 15.7. The molecule has 4 rings (SSSR count). The number of anilines is 2. The van der Waals surface area contributed by atoms with E-state index in [1.807, 2.05) is 38.4 Å². The molecule has 9 heteroatoms. The van der Waals surface area contributed by atoms with Crippen molar-refractivity contribution in [3.8, 4) is 11.1 Å². The Balaban J connectivity index is 1.43. The molecule has 2 N–H and O–H groups in total. The van der Waals surface area contributed by atoms with Crippen molar-refractivity contribution in [2.24, 2.45) is 7.05 Å². The van der Waals surface area contributed by atoms with Crippen molar-refractivity contribution in [2.45, 2.75) is 39.7 Å². The zero-order valence-corrected chi connectivity index (χ0v) is 20.2. The van der Waals surface area contributed by atoms with Crippen LogP contribution in [0.2, 0.25) is 0 Å². The highest BCUT2D eigenvalue weighted by atomic mass is 32.1. The zero-order valence-electron chi connectivity index (χ0n) is 19.4. The molecule has 3 heterocycles. The minimum absolute atomic E-state index is 0.0647. The van der Waals surface area contributed by atoms with Gasteiger partial charge in [-0.15, -0.1) is 16.4 Å². The van der Waals surface area contributed by atoms with Crippen LogP contribution in [0.5, 0.6) is 0 Å². The summed E-state index contributed by atoms with van der Waals surface area (Å²) in [6.45, 7) is 8.77. The molecule has 0 radical (unpaired) electrons. The standard InChI is InChI=1S/C24H27N7OS/c1-15-8-16(18-9-21(30-27-11-18)29-19-12-28-31(5)14-19)6-7-17(15)10-25-22(32)20-13-26-23(33-20)24(2,3)4/h6-9,11-14H,10H2,1-5H3,(H,25,32)(H,29,30). The largest absolute Gasteiger partial charge is 0.347 e. The number of hydrogen-bond acceptors (Lipinski definition) is 7. The zero-order chi connectivity index (χ0) is 23.6. The highest BCUT2D eigenvalue weighted by Crippen LogP contribution is 2.27. The van der Waals surface area contributed by atoms with Crippen LogP contribution in [-0.4, -0.2) is 30.9 Å². The number of nitrogens with one attached hydrogen (secondary N) is 2. The van der Waals surface area contributed by atoms with E-state index in [-0.39, 0.29) is 11.3 Å². The van der Waals surface area contributed by atoms with Crippen LogP contribution in [0.25, 0.3) is 11.1 Å². The second-order valence-electron chi connectivity index (χ2n) is 8.96. The summed E-state index contributed by atoms with van der Waals surface area (Å²) in [5.74, 6) is 0.546. The van der Waals surface area contributed by atoms with Gasteiger partial charge < -0.3 is 10.6 Å². The Morgan fingerprint density at radius 2 is 1.94 bits per heavy atom. The van der Waals surface area contributed by atoms with Crippen LogP contribution < -0.4 is 10.6 Å². The molecule has 0 aliphatic rings. The predicted octanol–water partition coefficient (Wildman–Crippen LogP) is 4.61. The monoisotopic (exact) mass is 461 g/mol. The lowest BCUT2D eigenvalue weighted by molar-refractivity contribution is 0.0954. The lowest BCUT2D eigenvalue weighted by atomic mass is 9.98. The molecule has 0 aliphatic heterocycles. The quantitative estimate of drug-likeness (QED) is 0.435. The molecule has 33 heavy (non-hydrogen) atoms. The van der Waals surface area contributed by atoms with Gasteiger partial charge in [0.05, 0.1) is 29.3 Å². The van der Waals surface area contributed by atoms with Crippen LogP contribution in [0.1, 0.15) is 46.6 Å². The fourth-order valence-corrected chi connectivity index (χ4v) is 4.17. The molecule has 4 aromatic rings. The van der Waals surface area contributed by atoms with E-state index in [4.69, 9.17) is 0 Å². The maximum absolute atomic E-state index is 12.6. The first-order valence-corrected chi connectivity index (χ1v) is 11.4. The summed E-state index contributed by atoms with van der Waals surface area (Å²) < 4.78 is 1.72. The summed E-state index contributed by atoms with van der Waals surface area (Å²) in [5.41, 5.74) is 4.92. The average Bonchev–Trinajstić information content (AvgIpc) is 3.42. The van der Waals surface area contributed by atoms with E-state index < -0.39 is 0 Å². The number of benzene rings is 1. The van der Waals surface area contributed by atoms with Crippen molar-refractivity contribution >= 4 is 28.7 Å². The van der Waals surface area contributed by atoms with Gasteiger partial charge in [0.1, 0.15) is 4.88 Å². The molecule has 8 nitrogen and oxygen atoms in total. The molecule has 3 aromatic heterocycles.